The summed E-state index contributed by atoms with van der Waals surface area (Å²) in [5, 5.41) is 10.8. The molecule has 0 aliphatic heterocycles. The van der Waals surface area contributed by atoms with E-state index in [9.17, 15) is 19.7 Å². The fourth-order valence-corrected chi connectivity index (χ4v) is 1.72. The minimum absolute atomic E-state index is 0.182. The molecule has 0 spiro atoms. The lowest BCUT2D eigenvalue weighted by Gasteiger charge is -2.06. The molecule has 9 nitrogen and oxygen atoms in total. The van der Waals surface area contributed by atoms with E-state index >= 15 is 0 Å². The topological polar surface area (TPSA) is 126 Å². The van der Waals surface area contributed by atoms with Crippen molar-refractivity contribution in [3.63, 3.8) is 0 Å². The molecule has 2 aromatic heterocycles. The second kappa shape index (κ2) is 4.96. The SMILES string of the molecule is Cn1cc([N+](=O)[O-])c(=O)n(Cc2cccc(N)n2)c1=O. The molecule has 2 heterocycles. The zero-order chi connectivity index (χ0) is 14.9. The zero-order valence-corrected chi connectivity index (χ0v) is 10.5. The van der Waals surface area contributed by atoms with Crippen molar-refractivity contribution in [2.45, 2.75) is 6.54 Å². The van der Waals surface area contributed by atoms with Crippen LogP contribution in [0.1, 0.15) is 5.69 Å². The van der Waals surface area contributed by atoms with Crippen LogP contribution in [0.2, 0.25) is 0 Å². The van der Waals surface area contributed by atoms with Gasteiger partial charge in [0.05, 0.1) is 23.4 Å². The Hall–Kier alpha value is -2.97. The van der Waals surface area contributed by atoms with Gasteiger partial charge in [0, 0.05) is 7.05 Å². The fourth-order valence-electron chi connectivity index (χ4n) is 1.72. The van der Waals surface area contributed by atoms with Crippen molar-refractivity contribution >= 4 is 11.5 Å². The van der Waals surface area contributed by atoms with Gasteiger partial charge < -0.3 is 5.73 Å². The van der Waals surface area contributed by atoms with Crippen molar-refractivity contribution in [3.05, 3.63) is 61.0 Å². The van der Waals surface area contributed by atoms with Gasteiger partial charge >= 0.3 is 16.9 Å². The van der Waals surface area contributed by atoms with Gasteiger partial charge in [-0.3, -0.25) is 19.5 Å². The lowest BCUT2D eigenvalue weighted by atomic mass is 10.3. The molecule has 0 bridgehead atoms. The normalized spacial score (nSPS) is 10.4. The first-order valence-electron chi connectivity index (χ1n) is 5.56. The first-order chi connectivity index (χ1) is 9.40. The molecular formula is C11H11N5O4. The summed E-state index contributed by atoms with van der Waals surface area (Å²) >= 11 is 0. The van der Waals surface area contributed by atoms with Gasteiger partial charge in [-0.2, -0.15) is 0 Å². The molecule has 20 heavy (non-hydrogen) atoms. The van der Waals surface area contributed by atoms with Gasteiger partial charge in [0.1, 0.15) is 5.82 Å². The Kier molecular flexibility index (Phi) is 3.34. The van der Waals surface area contributed by atoms with Crippen LogP contribution in [0, 0.1) is 10.1 Å². The molecule has 0 amide bonds. The van der Waals surface area contributed by atoms with Crippen LogP contribution >= 0.6 is 0 Å². The molecule has 9 heteroatoms. The summed E-state index contributed by atoms with van der Waals surface area (Å²) in [6, 6.07) is 4.74. The Bertz CT molecular complexity index is 792. The van der Waals surface area contributed by atoms with Crippen LogP contribution in [0.3, 0.4) is 0 Å². The Morgan fingerprint density at radius 1 is 1.40 bits per heavy atom. The predicted molar refractivity (Wildman–Crippen MR) is 70.3 cm³/mol. The van der Waals surface area contributed by atoms with Crippen molar-refractivity contribution in [1.29, 1.82) is 0 Å². The van der Waals surface area contributed by atoms with E-state index in [0.717, 1.165) is 15.3 Å². The zero-order valence-electron chi connectivity index (χ0n) is 10.5. The van der Waals surface area contributed by atoms with E-state index in [1.807, 2.05) is 0 Å². The number of pyridine rings is 1. The molecule has 0 aromatic carbocycles. The number of nitro groups is 1. The van der Waals surface area contributed by atoms with Gasteiger partial charge in [-0.15, -0.1) is 0 Å². The molecule has 2 aromatic rings. The number of anilines is 1. The second-order valence-corrected chi connectivity index (χ2v) is 4.11. The van der Waals surface area contributed by atoms with Crippen LogP contribution in [0.15, 0.2) is 34.0 Å². The molecule has 0 fully saturated rings. The maximum absolute atomic E-state index is 11.9. The van der Waals surface area contributed by atoms with Gasteiger partial charge in [-0.05, 0) is 12.1 Å². The number of aromatic nitrogens is 3. The standard InChI is InChI=1S/C11H11N5O4/c1-14-6-8(16(19)20)10(17)15(11(14)18)5-7-3-2-4-9(12)13-7/h2-4,6H,5H2,1H3,(H2,12,13). The summed E-state index contributed by atoms with van der Waals surface area (Å²) in [6.45, 7) is -0.182. The Labute approximate surface area is 112 Å². The van der Waals surface area contributed by atoms with Crippen molar-refractivity contribution in [2.24, 2.45) is 7.05 Å². The molecule has 0 unspecified atom stereocenters. The number of rotatable bonds is 3. The minimum Gasteiger partial charge on any atom is -0.384 e. The third kappa shape index (κ3) is 2.41. The summed E-state index contributed by atoms with van der Waals surface area (Å²) < 4.78 is 1.73. The quantitative estimate of drug-likeness (QED) is 0.594. The van der Waals surface area contributed by atoms with E-state index in [2.05, 4.69) is 4.98 Å². The highest BCUT2D eigenvalue weighted by Crippen LogP contribution is 2.03. The summed E-state index contributed by atoms with van der Waals surface area (Å²) in [4.78, 5) is 37.7. The van der Waals surface area contributed by atoms with E-state index in [1.165, 1.54) is 7.05 Å². The maximum Gasteiger partial charge on any atom is 0.350 e. The van der Waals surface area contributed by atoms with Gasteiger partial charge in [-0.25, -0.2) is 14.3 Å². The molecule has 0 radical (unpaired) electrons. The number of hydrogen-bond donors (Lipinski definition) is 1. The van der Waals surface area contributed by atoms with E-state index < -0.39 is 21.9 Å². The summed E-state index contributed by atoms with van der Waals surface area (Å²) in [7, 11) is 1.33. The van der Waals surface area contributed by atoms with Crippen LogP contribution in [0.25, 0.3) is 0 Å². The largest absolute Gasteiger partial charge is 0.384 e. The fraction of sp³-hybridized carbons (Fsp3) is 0.182. The first-order valence-corrected chi connectivity index (χ1v) is 5.56. The highest BCUT2D eigenvalue weighted by Gasteiger charge is 2.18. The summed E-state index contributed by atoms with van der Waals surface area (Å²) in [6.07, 6.45) is 0.897. The average Bonchev–Trinajstić information content (AvgIpc) is 2.38. The highest BCUT2D eigenvalue weighted by atomic mass is 16.6. The summed E-state index contributed by atoms with van der Waals surface area (Å²) in [5.41, 5.74) is 3.57. The molecule has 2 rings (SSSR count). The molecule has 0 aliphatic rings. The van der Waals surface area contributed by atoms with Crippen LogP contribution in [-0.2, 0) is 13.6 Å². The van der Waals surface area contributed by atoms with Crippen LogP contribution in [-0.4, -0.2) is 19.0 Å². The second-order valence-electron chi connectivity index (χ2n) is 4.11. The van der Waals surface area contributed by atoms with Crippen molar-refractivity contribution in [1.82, 2.24) is 14.1 Å². The molecule has 0 aliphatic carbocycles. The lowest BCUT2D eigenvalue weighted by molar-refractivity contribution is -0.387. The monoisotopic (exact) mass is 277 g/mol. The number of nitrogens with zero attached hydrogens (tertiary/aromatic N) is 4. The third-order valence-corrected chi connectivity index (χ3v) is 2.66. The lowest BCUT2D eigenvalue weighted by Crippen LogP contribution is -2.39. The van der Waals surface area contributed by atoms with Gasteiger partial charge in [-0.1, -0.05) is 6.07 Å². The molecule has 0 atom stereocenters. The third-order valence-electron chi connectivity index (χ3n) is 2.66. The first kappa shape index (κ1) is 13.5. The smallest absolute Gasteiger partial charge is 0.350 e. The summed E-state index contributed by atoms with van der Waals surface area (Å²) in [5.74, 6) is 0.234. The Morgan fingerprint density at radius 3 is 2.70 bits per heavy atom. The molecular weight excluding hydrogens is 266 g/mol. The number of aryl methyl sites for hydroxylation is 1. The average molecular weight is 277 g/mol. The van der Waals surface area contributed by atoms with E-state index in [4.69, 9.17) is 5.73 Å². The van der Waals surface area contributed by atoms with E-state index in [0.29, 0.717) is 5.69 Å². The molecule has 0 saturated heterocycles. The Morgan fingerprint density at radius 2 is 2.10 bits per heavy atom. The van der Waals surface area contributed by atoms with E-state index in [1.54, 1.807) is 18.2 Å². The number of nitrogens with two attached hydrogens (primary N) is 1. The van der Waals surface area contributed by atoms with Crippen LogP contribution in [0.4, 0.5) is 11.5 Å². The molecule has 104 valence electrons. The van der Waals surface area contributed by atoms with Crippen molar-refractivity contribution in [2.75, 3.05) is 5.73 Å². The van der Waals surface area contributed by atoms with E-state index in [-0.39, 0.29) is 12.4 Å². The number of nitrogen functional groups attached to an aromatic ring is 1. The molecule has 0 saturated carbocycles. The minimum atomic E-state index is -0.970. The van der Waals surface area contributed by atoms with Crippen LogP contribution < -0.4 is 17.0 Å². The predicted octanol–water partition coefficient (Wildman–Crippen LogP) is -0.519. The highest BCUT2D eigenvalue weighted by molar-refractivity contribution is 5.29. The van der Waals surface area contributed by atoms with Gasteiger partial charge in [0.25, 0.3) is 0 Å². The van der Waals surface area contributed by atoms with Gasteiger partial charge in [0.15, 0.2) is 0 Å². The number of hydrogen-bond acceptors (Lipinski definition) is 6. The van der Waals surface area contributed by atoms with Gasteiger partial charge in [0.2, 0.25) is 0 Å². The maximum atomic E-state index is 11.9. The Balaban J connectivity index is 2.60. The van der Waals surface area contributed by atoms with Crippen molar-refractivity contribution in [3.8, 4) is 0 Å². The van der Waals surface area contributed by atoms with Crippen molar-refractivity contribution < 1.29 is 4.92 Å². The molecule has 2 N–H and O–H groups in total. The van der Waals surface area contributed by atoms with Crippen LogP contribution in [0.5, 0.6) is 0 Å².